The van der Waals surface area contributed by atoms with E-state index in [1.807, 2.05) is 19.9 Å². The Kier molecular flexibility index (Phi) is 6.68. The van der Waals surface area contributed by atoms with Crippen molar-refractivity contribution < 1.29 is 22.8 Å². The molecule has 184 valence electrons. The van der Waals surface area contributed by atoms with Gasteiger partial charge in [0.2, 0.25) is 10.0 Å². The number of carbonyl (C=O) groups is 3. The molecule has 1 aliphatic rings. The van der Waals surface area contributed by atoms with E-state index < -0.39 is 27.7 Å². The topological polar surface area (TPSA) is 139 Å². The van der Waals surface area contributed by atoms with Crippen molar-refractivity contribution in [2.75, 3.05) is 15.5 Å². The van der Waals surface area contributed by atoms with Crippen molar-refractivity contribution in [3.8, 4) is 0 Å². The lowest BCUT2D eigenvalue weighted by atomic mass is 10.1. The van der Waals surface area contributed by atoms with Crippen LogP contribution in [0.5, 0.6) is 0 Å². The van der Waals surface area contributed by atoms with E-state index >= 15 is 0 Å². The lowest BCUT2D eigenvalue weighted by Crippen LogP contribution is -2.33. The molecule has 11 heteroatoms. The molecule has 1 heterocycles. The highest BCUT2D eigenvalue weighted by atomic mass is 35.5. The van der Waals surface area contributed by atoms with Crippen LogP contribution in [0.1, 0.15) is 21.5 Å². The van der Waals surface area contributed by atoms with Crippen LogP contribution >= 0.6 is 11.6 Å². The molecule has 0 fully saturated rings. The van der Waals surface area contributed by atoms with Crippen LogP contribution in [0, 0.1) is 13.8 Å². The summed E-state index contributed by atoms with van der Waals surface area (Å²) in [4.78, 5) is 39.6. The highest BCUT2D eigenvalue weighted by Gasteiger charge is 2.39. The maximum Gasteiger partial charge on any atom is 0.283 e. The Morgan fingerprint density at radius 2 is 1.58 bits per heavy atom. The molecule has 3 aromatic carbocycles. The minimum atomic E-state index is -3.85. The van der Waals surface area contributed by atoms with Gasteiger partial charge in [0.15, 0.2) is 0 Å². The summed E-state index contributed by atoms with van der Waals surface area (Å²) in [6.45, 7) is 3.69. The summed E-state index contributed by atoms with van der Waals surface area (Å²) in [6.07, 6.45) is 0. The summed E-state index contributed by atoms with van der Waals surface area (Å²) in [6, 6.07) is 16.9. The van der Waals surface area contributed by atoms with Gasteiger partial charge in [-0.25, -0.2) is 18.5 Å². The number of hydrogen-bond acceptors (Lipinski definition) is 6. The number of nitrogens with one attached hydrogen (secondary N) is 2. The summed E-state index contributed by atoms with van der Waals surface area (Å²) >= 11 is 6.24. The van der Waals surface area contributed by atoms with E-state index in [-0.39, 0.29) is 21.2 Å². The van der Waals surface area contributed by atoms with E-state index in [4.69, 9.17) is 16.7 Å². The lowest BCUT2D eigenvalue weighted by molar-refractivity contribution is -0.120. The molecule has 0 saturated heterocycles. The lowest BCUT2D eigenvalue weighted by Gasteiger charge is -2.18. The number of nitrogens with two attached hydrogens (primary N) is 1. The number of rotatable bonds is 6. The van der Waals surface area contributed by atoms with Gasteiger partial charge in [-0.2, -0.15) is 0 Å². The van der Waals surface area contributed by atoms with Crippen LogP contribution in [0.2, 0.25) is 0 Å². The number of sulfonamides is 1. The van der Waals surface area contributed by atoms with Gasteiger partial charge in [-0.15, -0.1) is 0 Å². The first-order valence-electron chi connectivity index (χ1n) is 10.6. The van der Waals surface area contributed by atoms with Gasteiger partial charge < -0.3 is 10.6 Å². The molecule has 0 aromatic heterocycles. The molecule has 4 rings (SSSR count). The van der Waals surface area contributed by atoms with Crippen molar-refractivity contribution in [3.63, 3.8) is 0 Å². The summed E-state index contributed by atoms with van der Waals surface area (Å²) in [5.74, 6) is -1.73. The Labute approximate surface area is 212 Å². The molecule has 3 amide bonds. The number of nitrogens with zero attached hydrogens (tertiary/aromatic N) is 1. The van der Waals surface area contributed by atoms with Gasteiger partial charge in [0.1, 0.15) is 10.7 Å². The van der Waals surface area contributed by atoms with Crippen LogP contribution in [-0.2, 0) is 19.6 Å². The average Bonchev–Trinajstić information content (AvgIpc) is 3.04. The Hall–Kier alpha value is -3.99. The number of imide groups is 1. The molecule has 0 aliphatic carbocycles. The summed E-state index contributed by atoms with van der Waals surface area (Å²) in [7, 11) is -3.85. The molecule has 36 heavy (non-hydrogen) atoms. The van der Waals surface area contributed by atoms with Gasteiger partial charge in [-0.05, 0) is 73.5 Å². The average molecular weight is 525 g/mol. The van der Waals surface area contributed by atoms with Gasteiger partial charge in [-0.3, -0.25) is 14.4 Å². The number of hydrogen-bond donors (Lipinski definition) is 3. The van der Waals surface area contributed by atoms with Crippen molar-refractivity contribution in [2.24, 2.45) is 5.14 Å². The van der Waals surface area contributed by atoms with Crippen molar-refractivity contribution in [2.45, 2.75) is 18.7 Å². The number of primary sulfonamides is 1. The van der Waals surface area contributed by atoms with E-state index in [1.165, 1.54) is 30.3 Å². The molecule has 0 bridgehead atoms. The fourth-order valence-electron chi connectivity index (χ4n) is 3.62. The maximum atomic E-state index is 13.1. The van der Waals surface area contributed by atoms with Gasteiger partial charge in [-0.1, -0.05) is 29.8 Å². The van der Waals surface area contributed by atoms with Crippen molar-refractivity contribution >= 4 is 56.4 Å². The fourth-order valence-corrected chi connectivity index (χ4v) is 4.35. The molecule has 0 spiro atoms. The Morgan fingerprint density at radius 1 is 0.917 bits per heavy atom. The fraction of sp³-hybridized carbons (Fsp3) is 0.0800. The predicted molar refractivity (Wildman–Crippen MR) is 137 cm³/mol. The minimum absolute atomic E-state index is 0.0810. The monoisotopic (exact) mass is 524 g/mol. The Bertz CT molecular complexity index is 1550. The molecule has 1 aliphatic heterocycles. The van der Waals surface area contributed by atoms with E-state index in [0.29, 0.717) is 17.1 Å². The first-order valence-corrected chi connectivity index (χ1v) is 12.6. The molecule has 3 aromatic rings. The Balaban J connectivity index is 1.53. The first-order chi connectivity index (χ1) is 17.0. The normalized spacial score (nSPS) is 13.8. The number of halogens is 1. The summed E-state index contributed by atoms with van der Waals surface area (Å²) in [5, 5.41) is 10.3. The minimum Gasteiger partial charge on any atom is -0.350 e. The maximum absolute atomic E-state index is 13.1. The van der Waals surface area contributed by atoms with Crippen molar-refractivity contribution in [1.82, 2.24) is 0 Å². The van der Waals surface area contributed by atoms with Gasteiger partial charge >= 0.3 is 0 Å². The van der Waals surface area contributed by atoms with Crippen molar-refractivity contribution in [3.05, 3.63) is 94.1 Å². The molecule has 0 unspecified atom stereocenters. The molecule has 4 N–H and O–H groups in total. The number of anilines is 3. The van der Waals surface area contributed by atoms with Crippen LogP contribution in [0.25, 0.3) is 0 Å². The molecular formula is C25H21ClN4O5S. The second-order valence-corrected chi connectivity index (χ2v) is 10.0. The second-order valence-electron chi connectivity index (χ2n) is 8.08. The summed E-state index contributed by atoms with van der Waals surface area (Å²) < 4.78 is 22.8. The quantitative estimate of drug-likeness (QED) is 0.421. The molecule has 0 atom stereocenters. The van der Waals surface area contributed by atoms with Crippen LogP contribution in [0.4, 0.5) is 17.1 Å². The molecule has 9 nitrogen and oxygen atoms in total. The molecule has 0 saturated carbocycles. The molecular weight excluding hydrogens is 504 g/mol. The zero-order chi connectivity index (χ0) is 26.2. The van der Waals surface area contributed by atoms with Crippen LogP contribution in [-0.4, -0.2) is 26.1 Å². The van der Waals surface area contributed by atoms with Crippen LogP contribution < -0.4 is 20.7 Å². The SMILES string of the molecule is Cc1cccc(N2C(=O)C(Cl)=C(Nc3cccc(C(=O)Nc4ccc(S(N)(=O)=O)cc4)c3)C2=O)c1C. The third kappa shape index (κ3) is 4.87. The third-order valence-electron chi connectivity index (χ3n) is 5.68. The number of benzene rings is 3. The smallest absolute Gasteiger partial charge is 0.283 e. The number of aryl methyl sites for hydroxylation is 1. The first kappa shape index (κ1) is 25.1. The number of amides is 3. The third-order valence-corrected chi connectivity index (χ3v) is 6.96. The zero-order valence-electron chi connectivity index (χ0n) is 19.2. The van der Waals surface area contributed by atoms with Gasteiger partial charge in [0.25, 0.3) is 17.7 Å². The van der Waals surface area contributed by atoms with E-state index in [1.54, 1.807) is 30.3 Å². The zero-order valence-corrected chi connectivity index (χ0v) is 20.8. The predicted octanol–water partition coefficient (Wildman–Crippen LogP) is 3.64. The van der Waals surface area contributed by atoms with Crippen LogP contribution in [0.3, 0.4) is 0 Å². The summed E-state index contributed by atoms with van der Waals surface area (Å²) in [5.41, 5.74) is 3.02. The van der Waals surface area contributed by atoms with E-state index in [0.717, 1.165) is 16.0 Å². The second kappa shape index (κ2) is 9.57. The van der Waals surface area contributed by atoms with E-state index in [9.17, 15) is 22.8 Å². The van der Waals surface area contributed by atoms with Gasteiger partial charge in [0, 0.05) is 16.9 Å². The number of carbonyl (C=O) groups excluding carboxylic acids is 3. The Morgan fingerprint density at radius 3 is 2.25 bits per heavy atom. The molecule has 0 radical (unpaired) electrons. The van der Waals surface area contributed by atoms with Gasteiger partial charge in [0.05, 0.1) is 10.6 Å². The van der Waals surface area contributed by atoms with Crippen LogP contribution in [0.15, 0.2) is 82.4 Å². The standard InChI is InChI=1S/C25H21ClN4O5S/c1-14-5-3-8-20(15(14)2)30-24(32)21(26)22(25(30)33)28-18-7-4-6-16(13-18)23(31)29-17-9-11-19(12-10-17)36(27,34)35/h3-13,28H,1-2H3,(H,29,31)(H2,27,34,35). The largest absolute Gasteiger partial charge is 0.350 e. The van der Waals surface area contributed by atoms with E-state index in [2.05, 4.69) is 10.6 Å². The highest BCUT2D eigenvalue weighted by molar-refractivity contribution is 7.89. The highest BCUT2D eigenvalue weighted by Crippen LogP contribution is 2.33. The van der Waals surface area contributed by atoms with Crippen molar-refractivity contribution in [1.29, 1.82) is 0 Å².